The fourth-order valence-corrected chi connectivity index (χ4v) is 0.980. The Morgan fingerprint density at radius 3 is 2.67 bits per heavy atom. The fourth-order valence-electron chi connectivity index (χ4n) is 0.980. The topological polar surface area (TPSA) is 32.3 Å². The summed E-state index contributed by atoms with van der Waals surface area (Å²) < 4.78 is 0. The van der Waals surface area contributed by atoms with Gasteiger partial charge in [0.05, 0.1) is 0 Å². The molecule has 0 aromatic heterocycles. The molecular weight excluding hydrogens is 150 g/mol. The van der Waals surface area contributed by atoms with E-state index in [2.05, 4.69) is 18.3 Å². The van der Waals surface area contributed by atoms with E-state index in [1.807, 2.05) is 6.20 Å². The molecule has 1 atom stereocenters. The van der Waals surface area contributed by atoms with Crippen molar-refractivity contribution in [1.29, 1.82) is 0 Å². The summed E-state index contributed by atoms with van der Waals surface area (Å²) in [7, 11) is 0. The van der Waals surface area contributed by atoms with Crippen molar-refractivity contribution < 1.29 is 5.11 Å². The van der Waals surface area contributed by atoms with Gasteiger partial charge >= 0.3 is 0 Å². The second-order valence-electron chi connectivity index (χ2n) is 3.09. The summed E-state index contributed by atoms with van der Waals surface area (Å²) in [5, 5.41) is 11.6. The first kappa shape index (κ1) is 11.5. The monoisotopic (exact) mass is 171 g/mol. The van der Waals surface area contributed by atoms with Crippen molar-refractivity contribution in [3.63, 3.8) is 0 Å². The minimum Gasteiger partial charge on any atom is -0.374 e. The van der Waals surface area contributed by atoms with Crippen molar-refractivity contribution in [2.45, 2.75) is 52.2 Å². The smallest absolute Gasteiger partial charge is 0.121 e. The maximum absolute atomic E-state index is 8.83. The minimum absolute atomic E-state index is 0.433. The molecule has 0 aliphatic rings. The molecule has 0 radical (unpaired) electrons. The molecule has 2 nitrogen and oxygen atoms in total. The molecule has 0 fully saturated rings. The van der Waals surface area contributed by atoms with Crippen molar-refractivity contribution in [3.8, 4) is 0 Å². The van der Waals surface area contributed by atoms with Gasteiger partial charge in [0, 0.05) is 0 Å². The first-order valence-corrected chi connectivity index (χ1v) is 4.86. The highest BCUT2D eigenvalue weighted by Gasteiger charge is 1.86. The van der Waals surface area contributed by atoms with Crippen LogP contribution in [0.3, 0.4) is 0 Å². The van der Waals surface area contributed by atoms with Crippen molar-refractivity contribution in [1.82, 2.24) is 5.32 Å². The molecular formula is C10H21NO. The van der Waals surface area contributed by atoms with E-state index in [-0.39, 0.29) is 0 Å². The van der Waals surface area contributed by atoms with Crippen LogP contribution >= 0.6 is 0 Å². The lowest BCUT2D eigenvalue weighted by molar-refractivity contribution is 0.173. The third-order valence-corrected chi connectivity index (χ3v) is 1.68. The highest BCUT2D eigenvalue weighted by molar-refractivity contribution is 4.79. The first-order valence-electron chi connectivity index (χ1n) is 4.86. The Hall–Kier alpha value is -0.500. The zero-order valence-electron chi connectivity index (χ0n) is 8.21. The van der Waals surface area contributed by atoms with Gasteiger partial charge in [0.1, 0.15) is 6.23 Å². The van der Waals surface area contributed by atoms with Crippen LogP contribution < -0.4 is 5.32 Å². The van der Waals surface area contributed by atoms with E-state index < -0.39 is 6.23 Å². The number of rotatable bonds is 7. The second-order valence-corrected chi connectivity index (χ2v) is 3.09. The van der Waals surface area contributed by atoms with Gasteiger partial charge in [0.2, 0.25) is 0 Å². The molecule has 0 aliphatic carbocycles. The van der Waals surface area contributed by atoms with E-state index in [4.69, 9.17) is 5.11 Å². The Balaban J connectivity index is 3.03. The van der Waals surface area contributed by atoms with Gasteiger partial charge in [-0.15, -0.1) is 0 Å². The van der Waals surface area contributed by atoms with Crippen LogP contribution in [0.2, 0.25) is 0 Å². The van der Waals surface area contributed by atoms with Gasteiger partial charge in [-0.05, 0) is 26.0 Å². The molecule has 0 aliphatic heterocycles. The van der Waals surface area contributed by atoms with Crippen LogP contribution in [0.4, 0.5) is 0 Å². The second kappa shape index (κ2) is 8.60. The number of hydrogen-bond acceptors (Lipinski definition) is 2. The molecule has 0 saturated carbocycles. The van der Waals surface area contributed by atoms with Gasteiger partial charge in [-0.25, -0.2) is 0 Å². The SMILES string of the molecule is CCCCCCC=CNC(C)O. The maximum atomic E-state index is 8.83. The highest BCUT2D eigenvalue weighted by Crippen LogP contribution is 2.02. The summed E-state index contributed by atoms with van der Waals surface area (Å²) in [6, 6.07) is 0. The van der Waals surface area contributed by atoms with Gasteiger partial charge in [0.25, 0.3) is 0 Å². The minimum atomic E-state index is -0.433. The van der Waals surface area contributed by atoms with Crippen LogP contribution in [0.25, 0.3) is 0 Å². The van der Waals surface area contributed by atoms with Gasteiger partial charge in [-0.3, -0.25) is 0 Å². The van der Waals surface area contributed by atoms with Crippen molar-refractivity contribution >= 4 is 0 Å². The first-order chi connectivity index (χ1) is 5.77. The van der Waals surface area contributed by atoms with Crippen LogP contribution in [0.15, 0.2) is 12.3 Å². The van der Waals surface area contributed by atoms with E-state index in [9.17, 15) is 0 Å². The summed E-state index contributed by atoms with van der Waals surface area (Å²) in [6.07, 6.45) is 9.77. The summed E-state index contributed by atoms with van der Waals surface area (Å²) >= 11 is 0. The number of hydrogen-bond donors (Lipinski definition) is 2. The Kier molecular flexibility index (Phi) is 8.24. The van der Waals surface area contributed by atoms with E-state index in [1.165, 1.54) is 25.7 Å². The highest BCUT2D eigenvalue weighted by atomic mass is 16.3. The molecule has 0 spiro atoms. The molecule has 0 heterocycles. The van der Waals surface area contributed by atoms with Crippen LogP contribution in [0, 0.1) is 0 Å². The molecule has 12 heavy (non-hydrogen) atoms. The quantitative estimate of drug-likeness (QED) is 0.455. The molecule has 0 aromatic rings. The Morgan fingerprint density at radius 2 is 2.08 bits per heavy atom. The lowest BCUT2D eigenvalue weighted by atomic mass is 10.1. The molecule has 0 aromatic carbocycles. The molecule has 72 valence electrons. The lowest BCUT2D eigenvalue weighted by Gasteiger charge is -2.01. The largest absolute Gasteiger partial charge is 0.374 e. The molecule has 2 heteroatoms. The third kappa shape index (κ3) is 9.50. The van der Waals surface area contributed by atoms with Gasteiger partial charge in [0.15, 0.2) is 0 Å². The predicted octanol–water partition coefficient (Wildman–Crippen LogP) is 2.40. The van der Waals surface area contributed by atoms with Crippen LogP contribution in [0.1, 0.15) is 46.0 Å². The number of allylic oxidation sites excluding steroid dienone is 1. The van der Waals surface area contributed by atoms with Crippen LogP contribution in [-0.4, -0.2) is 11.3 Å². The van der Waals surface area contributed by atoms with E-state index in [1.54, 1.807) is 6.92 Å². The molecule has 0 rings (SSSR count). The van der Waals surface area contributed by atoms with Gasteiger partial charge in [-0.2, -0.15) is 0 Å². The molecule has 0 amide bonds. The van der Waals surface area contributed by atoms with E-state index in [0.717, 1.165) is 6.42 Å². The summed E-state index contributed by atoms with van der Waals surface area (Å²) in [6.45, 7) is 3.92. The Bertz CT molecular complexity index is 110. The van der Waals surface area contributed by atoms with Crippen molar-refractivity contribution in [2.24, 2.45) is 0 Å². The lowest BCUT2D eigenvalue weighted by Crippen LogP contribution is -2.18. The number of aliphatic hydroxyl groups excluding tert-OH is 1. The Morgan fingerprint density at radius 1 is 1.33 bits per heavy atom. The molecule has 0 bridgehead atoms. The Labute approximate surface area is 75.7 Å². The fraction of sp³-hybridized carbons (Fsp3) is 0.800. The normalized spacial score (nSPS) is 13.6. The zero-order chi connectivity index (χ0) is 9.23. The molecule has 2 N–H and O–H groups in total. The standard InChI is InChI=1S/C10H21NO/c1-3-4-5-6-7-8-9-11-10(2)12/h8-12H,3-7H2,1-2H3. The van der Waals surface area contributed by atoms with Crippen molar-refractivity contribution in [2.75, 3.05) is 0 Å². The van der Waals surface area contributed by atoms with E-state index >= 15 is 0 Å². The van der Waals surface area contributed by atoms with Gasteiger partial charge in [-0.1, -0.05) is 32.3 Å². The molecule has 0 saturated heterocycles. The summed E-state index contributed by atoms with van der Waals surface area (Å²) in [5.41, 5.74) is 0. The molecule has 1 unspecified atom stereocenters. The number of nitrogens with one attached hydrogen (secondary N) is 1. The average molecular weight is 171 g/mol. The van der Waals surface area contributed by atoms with Crippen molar-refractivity contribution in [3.05, 3.63) is 12.3 Å². The van der Waals surface area contributed by atoms with Gasteiger partial charge < -0.3 is 10.4 Å². The zero-order valence-corrected chi connectivity index (χ0v) is 8.21. The third-order valence-electron chi connectivity index (χ3n) is 1.68. The summed E-state index contributed by atoms with van der Waals surface area (Å²) in [4.78, 5) is 0. The van der Waals surface area contributed by atoms with Crippen LogP contribution in [0.5, 0.6) is 0 Å². The summed E-state index contributed by atoms with van der Waals surface area (Å²) in [5.74, 6) is 0. The predicted molar refractivity (Wildman–Crippen MR) is 52.7 cm³/mol. The maximum Gasteiger partial charge on any atom is 0.121 e. The average Bonchev–Trinajstić information content (AvgIpc) is 2.02. The number of unbranched alkanes of at least 4 members (excludes halogenated alkanes) is 4. The van der Waals surface area contributed by atoms with Crippen LogP contribution in [-0.2, 0) is 0 Å². The number of aliphatic hydroxyl groups is 1. The van der Waals surface area contributed by atoms with E-state index in [0.29, 0.717) is 0 Å².